The zero-order valence-corrected chi connectivity index (χ0v) is 15.2. The predicted molar refractivity (Wildman–Crippen MR) is 95.7 cm³/mol. The van der Waals surface area contributed by atoms with E-state index in [1.807, 2.05) is 0 Å². The second kappa shape index (κ2) is 6.89. The van der Waals surface area contributed by atoms with Gasteiger partial charge in [-0.05, 0) is 67.1 Å². The third-order valence-electron chi connectivity index (χ3n) is 5.39. The molecule has 1 heteroatoms. The number of ether oxygens (including phenoxy) is 1. The van der Waals surface area contributed by atoms with Crippen molar-refractivity contribution in [3.63, 3.8) is 0 Å². The molecule has 1 aromatic rings. The average molecular weight is 300 g/mol. The molecule has 0 radical (unpaired) electrons. The number of hydrogen-bond acceptors (Lipinski definition) is 1. The van der Waals surface area contributed by atoms with Gasteiger partial charge in [0.1, 0.15) is 5.75 Å². The van der Waals surface area contributed by atoms with Crippen molar-refractivity contribution in [1.82, 2.24) is 0 Å². The monoisotopic (exact) mass is 300 g/mol. The highest BCUT2D eigenvalue weighted by molar-refractivity contribution is 5.39. The minimum atomic E-state index is 0.437. The molecular formula is C21H32O. The molecule has 0 aliphatic heterocycles. The molecule has 2 rings (SSSR count). The van der Waals surface area contributed by atoms with Crippen molar-refractivity contribution in [2.45, 2.75) is 66.2 Å². The van der Waals surface area contributed by atoms with Crippen LogP contribution < -0.4 is 4.74 Å². The van der Waals surface area contributed by atoms with Crippen LogP contribution in [0.15, 0.2) is 29.8 Å². The normalized spacial score (nSPS) is 20.9. The van der Waals surface area contributed by atoms with Gasteiger partial charge in [-0.15, -0.1) is 0 Å². The van der Waals surface area contributed by atoms with Crippen molar-refractivity contribution in [2.24, 2.45) is 11.3 Å². The first-order valence-electron chi connectivity index (χ1n) is 8.68. The number of rotatable bonds is 5. The van der Waals surface area contributed by atoms with E-state index in [4.69, 9.17) is 4.74 Å². The number of allylic oxidation sites excluding steroid dienone is 2. The first-order valence-corrected chi connectivity index (χ1v) is 8.68. The van der Waals surface area contributed by atoms with Gasteiger partial charge >= 0.3 is 0 Å². The Bertz CT molecular complexity index is 537. The summed E-state index contributed by atoms with van der Waals surface area (Å²) in [5, 5.41) is 0. The number of benzene rings is 1. The van der Waals surface area contributed by atoms with Crippen molar-refractivity contribution in [3.05, 3.63) is 41.0 Å². The molecule has 0 saturated heterocycles. The van der Waals surface area contributed by atoms with E-state index < -0.39 is 0 Å². The molecule has 122 valence electrons. The van der Waals surface area contributed by atoms with Crippen LogP contribution >= 0.6 is 0 Å². The summed E-state index contributed by atoms with van der Waals surface area (Å²) < 4.78 is 5.50. The standard InChI is InChI=1S/C21H32O/c1-15(2)18-14-17(10-12-20(18)22-6)9-11-19-16(3)8-7-13-21(19,4)5/h8,10,12,14-15,19H,7,9,11,13H2,1-6H3. The van der Waals surface area contributed by atoms with Crippen LogP contribution in [0, 0.1) is 11.3 Å². The maximum Gasteiger partial charge on any atom is 0.122 e. The molecule has 1 aromatic carbocycles. The third-order valence-corrected chi connectivity index (χ3v) is 5.39. The van der Waals surface area contributed by atoms with E-state index in [2.05, 4.69) is 58.9 Å². The van der Waals surface area contributed by atoms with Crippen LogP contribution in [0.5, 0.6) is 5.75 Å². The summed E-state index contributed by atoms with van der Waals surface area (Å²) in [6.07, 6.45) is 7.41. The van der Waals surface area contributed by atoms with E-state index in [0.717, 1.165) is 12.2 Å². The van der Waals surface area contributed by atoms with E-state index in [-0.39, 0.29) is 0 Å². The molecule has 1 atom stereocenters. The summed E-state index contributed by atoms with van der Waals surface area (Å²) in [6.45, 7) is 11.7. The van der Waals surface area contributed by atoms with Gasteiger partial charge in [0.2, 0.25) is 0 Å². The fraction of sp³-hybridized carbons (Fsp3) is 0.619. The zero-order chi connectivity index (χ0) is 16.3. The highest BCUT2D eigenvalue weighted by Gasteiger charge is 2.32. The lowest BCUT2D eigenvalue weighted by molar-refractivity contribution is 0.204. The number of methoxy groups -OCH3 is 1. The summed E-state index contributed by atoms with van der Waals surface area (Å²) >= 11 is 0. The first-order chi connectivity index (χ1) is 10.3. The Morgan fingerprint density at radius 3 is 2.59 bits per heavy atom. The largest absolute Gasteiger partial charge is 0.496 e. The predicted octanol–water partition coefficient (Wildman–Crippen LogP) is 6.13. The fourth-order valence-electron chi connectivity index (χ4n) is 3.92. The van der Waals surface area contributed by atoms with Crippen molar-refractivity contribution >= 4 is 0 Å². The van der Waals surface area contributed by atoms with Gasteiger partial charge in [0, 0.05) is 0 Å². The van der Waals surface area contributed by atoms with Crippen LogP contribution in [0.2, 0.25) is 0 Å². The quantitative estimate of drug-likeness (QED) is 0.594. The minimum Gasteiger partial charge on any atom is -0.496 e. The molecule has 0 saturated carbocycles. The molecule has 1 aliphatic carbocycles. The molecule has 1 nitrogen and oxygen atoms in total. The lowest BCUT2D eigenvalue weighted by Crippen LogP contribution is -2.28. The number of hydrogen-bond donors (Lipinski definition) is 0. The van der Waals surface area contributed by atoms with Crippen LogP contribution in [0.4, 0.5) is 0 Å². The van der Waals surface area contributed by atoms with Gasteiger partial charge in [0.05, 0.1) is 7.11 Å². The summed E-state index contributed by atoms with van der Waals surface area (Å²) in [5.74, 6) is 2.24. The summed E-state index contributed by atoms with van der Waals surface area (Å²) in [6, 6.07) is 6.72. The molecule has 0 heterocycles. The summed E-state index contributed by atoms with van der Waals surface area (Å²) in [4.78, 5) is 0. The van der Waals surface area contributed by atoms with E-state index in [0.29, 0.717) is 17.3 Å². The molecule has 0 N–H and O–H groups in total. The SMILES string of the molecule is COc1ccc(CCC2C(C)=CCCC2(C)C)cc1C(C)C. The third kappa shape index (κ3) is 3.74. The van der Waals surface area contributed by atoms with Gasteiger partial charge in [0.15, 0.2) is 0 Å². The van der Waals surface area contributed by atoms with Gasteiger partial charge in [-0.1, -0.05) is 51.5 Å². The van der Waals surface area contributed by atoms with Crippen molar-refractivity contribution < 1.29 is 4.74 Å². The Hall–Kier alpha value is -1.24. The molecule has 1 aliphatic rings. The lowest BCUT2D eigenvalue weighted by atomic mass is 9.67. The minimum absolute atomic E-state index is 0.437. The van der Waals surface area contributed by atoms with Crippen LogP contribution in [0.1, 0.15) is 70.9 Å². The molecule has 22 heavy (non-hydrogen) atoms. The maximum atomic E-state index is 5.50. The molecule has 0 amide bonds. The molecular weight excluding hydrogens is 268 g/mol. The van der Waals surface area contributed by atoms with Gasteiger partial charge in [-0.3, -0.25) is 0 Å². The topological polar surface area (TPSA) is 9.23 Å². The smallest absolute Gasteiger partial charge is 0.122 e. The van der Waals surface area contributed by atoms with Crippen LogP contribution in [-0.4, -0.2) is 7.11 Å². The Kier molecular flexibility index (Phi) is 5.36. The van der Waals surface area contributed by atoms with Crippen molar-refractivity contribution in [3.8, 4) is 5.75 Å². The summed E-state index contributed by atoms with van der Waals surface area (Å²) in [7, 11) is 1.76. The second-order valence-electron chi connectivity index (χ2n) is 7.80. The zero-order valence-electron chi connectivity index (χ0n) is 15.2. The Morgan fingerprint density at radius 1 is 1.27 bits per heavy atom. The van der Waals surface area contributed by atoms with E-state index in [9.17, 15) is 0 Å². The van der Waals surface area contributed by atoms with Crippen LogP contribution in [0.3, 0.4) is 0 Å². The van der Waals surface area contributed by atoms with Gasteiger partial charge in [-0.2, -0.15) is 0 Å². The highest BCUT2D eigenvalue weighted by atomic mass is 16.5. The van der Waals surface area contributed by atoms with E-state index in [1.165, 1.54) is 30.4 Å². The van der Waals surface area contributed by atoms with Gasteiger partial charge < -0.3 is 4.74 Å². The first kappa shape index (κ1) is 17.1. The van der Waals surface area contributed by atoms with Gasteiger partial charge in [-0.25, -0.2) is 0 Å². The molecule has 0 aromatic heterocycles. The Labute approximate surface area is 136 Å². The lowest BCUT2D eigenvalue weighted by Gasteiger charge is -2.38. The van der Waals surface area contributed by atoms with Crippen LogP contribution in [-0.2, 0) is 6.42 Å². The second-order valence-corrected chi connectivity index (χ2v) is 7.80. The number of aryl methyl sites for hydroxylation is 1. The molecule has 0 bridgehead atoms. The molecule has 1 unspecified atom stereocenters. The molecule has 0 spiro atoms. The fourth-order valence-corrected chi connectivity index (χ4v) is 3.92. The molecule has 0 fully saturated rings. The van der Waals surface area contributed by atoms with Crippen LogP contribution in [0.25, 0.3) is 0 Å². The Balaban J connectivity index is 2.13. The van der Waals surface area contributed by atoms with Crippen molar-refractivity contribution in [2.75, 3.05) is 7.11 Å². The Morgan fingerprint density at radius 2 is 2.00 bits per heavy atom. The van der Waals surface area contributed by atoms with E-state index >= 15 is 0 Å². The summed E-state index contributed by atoms with van der Waals surface area (Å²) in [5.41, 5.74) is 4.80. The van der Waals surface area contributed by atoms with Crippen molar-refractivity contribution in [1.29, 1.82) is 0 Å². The highest BCUT2D eigenvalue weighted by Crippen LogP contribution is 2.43. The van der Waals surface area contributed by atoms with E-state index in [1.54, 1.807) is 12.7 Å². The van der Waals surface area contributed by atoms with Gasteiger partial charge in [0.25, 0.3) is 0 Å². The maximum absolute atomic E-state index is 5.50. The average Bonchev–Trinajstić information content (AvgIpc) is 2.45.